The SMILES string of the molecule is CC(C)=CCC/C(C)=C/CC/C(C)=C/CCC(=O)OC/C=C(\C)CCC=C(C)C. The van der Waals surface area contributed by atoms with Crippen molar-refractivity contribution in [1.82, 2.24) is 0 Å². The van der Waals surface area contributed by atoms with Crippen molar-refractivity contribution in [2.75, 3.05) is 6.61 Å². The van der Waals surface area contributed by atoms with Gasteiger partial charge in [-0.25, -0.2) is 0 Å². The van der Waals surface area contributed by atoms with Gasteiger partial charge in [0.15, 0.2) is 0 Å². The molecule has 0 radical (unpaired) electrons. The van der Waals surface area contributed by atoms with Crippen LogP contribution in [0.3, 0.4) is 0 Å². The van der Waals surface area contributed by atoms with Crippen molar-refractivity contribution in [3.63, 3.8) is 0 Å². The Morgan fingerprint density at radius 2 is 0.931 bits per heavy atom. The maximum atomic E-state index is 11.9. The van der Waals surface area contributed by atoms with Crippen molar-refractivity contribution in [1.29, 1.82) is 0 Å². The number of esters is 1. The molecule has 0 aliphatic heterocycles. The van der Waals surface area contributed by atoms with Gasteiger partial charge in [0.1, 0.15) is 6.61 Å². The number of carbonyl (C=O) groups excluding carboxylic acids is 1. The van der Waals surface area contributed by atoms with Crippen LogP contribution in [0.2, 0.25) is 0 Å². The highest BCUT2D eigenvalue weighted by atomic mass is 16.5. The zero-order valence-electron chi connectivity index (χ0n) is 20.1. The van der Waals surface area contributed by atoms with Crippen LogP contribution in [0, 0.1) is 0 Å². The van der Waals surface area contributed by atoms with Gasteiger partial charge in [-0.3, -0.25) is 4.79 Å². The molecule has 0 rings (SSSR count). The van der Waals surface area contributed by atoms with Gasteiger partial charge in [0.05, 0.1) is 0 Å². The molecular formula is C27H44O2. The molecule has 2 nitrogen and oxygen atoms in total. The van der Waals surface area contributed by atoms with Crippen molar-refractivity contribution < 1.29 is 9.53 Å². The normalized spacial score (nSPS) is 12.6. The lowest BCUT2D eigenvalue weighted by molar-refractivity contribution is -0.142. The lowest BCUT2D eigenvalue weighted by atomic mass is 10.1. The monoisotopic (exact) mass is 400 g/mol. The summed E-state index contributed by atoms with van der Waals surface area (Å²) >= 11 is 0. The molecule has 0 aliphatic rings. The molecule has 0 aliphatic carbocycles. The summed E-state index contributed by atoms with van der Waals surface area (Å²) < 4.78 is 5.31. The van der Waals surface area contributed by atoms with Gasteiger partial charge in [0, 0.05) is 6.42 Å². The molecule has 164 valence electrons. The molecule has 0 bridgehead atoms. The summed E-state index contributed by atoms with van der Waals surface area (Å²) in [7, 11) is 0. The van der Waals surface area contributed by atoms with Gasteiger partial charge in [0.25, 0.3) is 0 Å². The Balaban J connectivity index is 3.99. The second-order valence-electron chi connectivity index (χ2n) is 8.55. The minimum Gasteiger partial charge on any atom is -0.461 e. The van der Waals surface area contributed by atoms with Gasteiger partial charge < -0.3 is 4.74 Å². The third kappa shape index (κ3) is 19.3. The molecule has 2 heteroatoms. The van der Waals surface area contributed by atoms with E-state index in [1.165, 1.54) is 27.9 Å². The van der Waals surface area contributed by atoms with E-state index in [9.17, 15) is 4.79 Å². The molecule has 29 heavy (non-hydrogen) atoms. The smallest absolute Gasteiger partial charge is 0.306 e. The van der Waals surface area contributed by atoms with Gasteiger partial charge in [-0.05, 0) is 99.5 Å². The van der Waals surface area contributed by atoms with Gasteiger partial charge in [-0.2, -0.15) is 0 Å². The number of allylic oxidation sites excluding steroid dienone is 9. The second kappa shape index (κ2) is 17.1. The van der Waals surface area contributed by atoms with Crippen LogP contribution in [0.25, 0.3) is 0 Å². The standard InChI is InChI=1S/C27H44O2/c1-22(2)12-8-14-24(5)16-10-17-25(6)18-11-19-27(28)29-21-20-26(7)15-9-13-23(3)4/h12-13,16,18,20H,8-11,14-15,17,19,21H2,1-7H3/b24-16+,25-18+,26-20+. The molecule has 0 aromatic heterocycles. The van der Waals surface area contributed by atoms with E-state index in [4.69, 9.17) is 4.74 Å². The number of carbonyl (C=O) groups is 1. The summed E-state index contributed by atoms with van der Waals surface area (Å²) in [6, 6.07) is 0. The highest BCUT2D eigenvalue weighted by Crippen LogP contribution is 2.12. The van der Waals surface area contributed by atoms with E-state index < -0.39 is 0 Å². The highest BCUT2D eigenvalue weighted by molar-refractivity contribution is 5.69. The minimum absolute atomic E-state index is 0.114. The fourth-order valence-corrected chi connectivity index (χ4v) is 2.81. The summed E-state index contributed by atoms with van der Waals surface area (Å²) in [5.74, 6) is -0.114. The maximum Gasteiger partial charge on any atom is 0.306 e. The zero-order chi connectivity index (χ0) is 22.1. The van der Waals surface area contributed by atoms with Crippen LogP contribution in [-0.4, -0.2) is 12.6 Å². The van der Waals surface area contributed by atoms with Gasteiger partial charge in [-0.1, -0.05) is 52.2 Å². The van der Waals surface area contributed by atoms with Crippen LogP contribution in [0.1, 0.15) is 99.8 Å². The Morgan fingerprint density at radius 1 is 0.552 bits per heavy atom. The van der Waals surface area contributed by atoms with Gasteiger partial charge in [0.2, 0.25) is 0 Å². The average Bonchev–Trinajstić information content (AvgIpc) is 2.61. The molecule has 0 N–H and O–H groups in total. The molecule has 0 atom stereocenters. The van der Waals surface area contributed by atoms with Gasteiger partial charge in [-0.15, -0.1) is 0 Å². The maximum absolute atomic E-state index is 11.9. The Bertz CT molecular complexity index is 619. The average molecular weight is 401 g/mol. The predicted molar refractivity (Wildman–Crippen MR) is 128 cm³/mol. The quantitative estimate of drug-likeness (QED) is 0.216. The first kappa shape index (κ1) is 27.2. The Morgan fingerprint density at radius 3 is 1.38 bits per heavy atom. The van der Waals surface area contributed by atoms with Crippen molar-refractivity contribution in [2.45, 2.75) is 99.8 Å². The first-order valence-corrected chi connectivity index (χ1v) is 11.1. The molecule has 0 fully saturated rings. The van der Waals surface area contributed by atoms with Crippen LogP contribution in [0.4, 0.5) is 0 Å². The van der Waals surface area contributed by atoms with Crippen molar-refractivity contribution in [3.8, 4) is 0 Å². The van der Waals surface area contributed by atoms with E-state index in [0.717, 1.165) is 44.9 Å². The van der Waals surface area contributed by atoms with Gasteiger partial charge >= 0.3 is 5.97 Å². The summed E-state index contributed by atoms with van der Waals surface area (Å²) in [6.07, 6.45) is 18.8. The van der Waals surface area contributed by atoms with E-state index in [0.29, 0.717) is 13.0 Å². The van der Waals surface area contributed by atoms with Crippen LogP contribution in [0.15, 0.2) is 58.2 Å². The van der Waals surface area contributed by atoms with Crippen molar-refractivity contribution in [2.24, 2.45) is 0 Å². The molecule has 0 heterocycles. The highest BCUT2D eigenvalue weighted by Gasteiger charge is 2.01. The fraction of sp³-hybridized carbons (Fsp3) is 0.593. The lowest BCUT2D eigenvalue weighted by Gasteiger charge is -2.04. The molecule has 0 saturated heterocycles. The number of hydrogen-bond donors (Lipinski definition) is 0. The van der Waals surface area contributed by atoms with Crippen molar-refractivity contribution >= 4 is 5.97 Å². The summed E-state index contributed by atoms with van der Waals surface area (Å²) in [6.45, 7) is 15.4. The molecule has 0 unspecified atom stereocenters. The third-order valence-electron chi connectivity index (χ3n) is 4.73. The topological polar surface area (TPSA) is 26.3 Å². The second-order valence-corrected chi connectivity index (χ2v) is 8.55. The first-order valence-electron chi connectivity index (χ1n) is 11.1. The van der Waals surface area contributed by atoms with E-state index in [2.05, 4.69) is 72.8 Å². The van der Waals surface area contributed by atoms with Crippen LogP contribution in [0.5, 0.6) is 0 Å². The molecular weight excluding hydrogens is 356 g/mol. The summed E-state index contributed by atoms with van der Waals surface area (Å²) in [4.78, 5) is 11.9. The van der Waals surface area contributed by atoms with Crippen LogP contribution < -0.4 is 0 Å². The molecule has 0 amide bonds. The van der Waals surface area contributed by atoms with E-state index in [1.54, 1.807) is 0 Å². The lowest BCUT2D eigenvalue weighted by Crippen LogP contribution is -2.04. The van der Waals surface area contributed by atoms with Crippen molar-refractivity contribution in [3.05, 3.63) is 58.2 Å². The number of hydrogen-bond acceptors (Lipinski definition) is 2. The Hall–Kier alpha value is -1.83. The third-order valence-corrected chi connectivity index (χ3v) is 4.73. The van der Waals surface area contributed by atoms with Crippen LogP contribution in [-0.2, 0) is 9.53 Å². The summed E-state index contributed by atoms with van der Waals surface area (Å²) in [5.41, 5.74) is 6.82. The summed E-state index contributed by atoms with van der Waals surface area (Å²) in [5, 5.41) is 0. The minimum atomic E-state index is -0.114. The zero-order valence-corrected chi connectivity index (χ0v) is 20.1. The number of ether oxygens (including phenoxy) is 1. The van der Waals surface area contributed by atoms with E-state index in [1.807, 2.05) is 6.08 Å². The number of rotatable bonds is 14. The largest absolute Gasteiger partial charge is 0.461 e. The predicted octanol–water partition coefficient (Wildman–Crippen LogP) is 8.42. The Labute approximate surface area is 180 Å². The molecule has 0 aromatic rings. The van der Waals surface area contributed by atoms with Crippen LogP contribution >= 0.6 is 0 Å². The molecule has 0 saturated carbocycles. The van der Waals surface area contributed by atoms with E-state index >= 15 is 0 Å². The first-order chi connectivity index (χ1) is 13.7. The fourth-order valence-electron chi connectivity index (χ4n) is 2.81. The molecule has 0 aromatic carbocycles. The van der Waals surface area contributed by atoms with E-state index in [-0.39, 0.29) is 5.97 Å². The Kier molecular flexibility index (Phi) is 16.0. The molecule has 0 spiro atoms.